The Morgan fingerprint density at radius 3 is 1.57 bits per heavy atom. The van der Waals surface area contributed by atoms with Gasteiger partial charge < -0.3 is 2.85 Å². The van der Waals surface area contributed by atoms with Gasteiger partial charge in [-0.25, -0.2) is 0 Å². The van der Waals surface area contributed by atoms with E-state index >= 15 is 0 Å². The van der Waals surface area contributed by atoms with Crippen LogP contribution in [0, 0.1) is 9.81 Å². The van der Waals surface area contributed by atoms with E-state index in [9.17, 15) is 0 Å². The molecule has 0 aromatic heterocycles. The third-order valence-corrected chi connectivity index (χ3v) is 0.0667. The summed E-state index contributed by atoms with van der Waals surface area (Å²) >= 11 is 0. The van der Waals surface area contributed by atoms with E-state index < -0.39 is 0 Å². The Bertz CT molecular complexity index is 49.1. The molecule has 0 unspecified atom stereocenters. The van der Waals surface area contributed by atoms with Crippen molar-refractivity contribution in [3.63, 3.8) is 0 Å². The van der Waals surface area contributed by atoms with Crippen LogP contribution < -0.4 is 80.9 Å². The smallest absolute Gasteiger partial charge is 1.00 e. The quantitative estimate of drug-likeness (QED) is 0.218. The van der Waals surface area contributed by atoms with Crippen molar-refractivity contribution >= 4 is 0 Å². The molecule has 0 saturated heterocycles. The van der Waals surface area contributed by atoms with E-state index in [0.29, 0.717) is 0 Å². The van der Waals surface area contributed by atoms with Crippen LogP contribution in [0.1, 0.15) is 2.85 Å². The van der Waals surface area contributed by atoms with Crippen LogP contribution in [0.4, 0.5) is 0 Å². The van der Waals surface area contributed by atoms with E-state index in [4.69, 9.17) is 9.81 Å². The summed E-state index contributed by atoms with van der Waals surface area (Å²) in [6.45, 7) is 0. The van der Waals surface area contributed by atoms with Gasteiger partial charge >= 0.3 is 80.9 Å². The molecule has 0 heterocycles. The van der Waals surface area contributed by atoms with Crippen molar-refractivity contribution in [1.29, 1.82) is 0 Å². The number of hydrogen-bond acceptors (Lipinski definition) is 5. The van der Waals surface area contributed by atoms with E-state index in [-0.39, 0.29) is 83.8 Å². The van der Waals surface area contributed by atoms with Crippen molar-refractivity contribution in [1.82, 2.24) is 0 Å². The van der Waals surface area contributed by atoms with Crippen LogP contribution >= 0.6 is 0 Å². The first-order valence-corrected chi connectivity index (χ1v) is 0.730. The van der Waals surface area contributed by atoms with Gasteiger partial charge in [-0.05, 0) is 0 Å². The molecule has 5 nitrogen and oxygen atoms in total. The molecule has 0 aromatic carbocycles. The Morgan fingerprint density at radius 2 is 1.57 bits per heavy atom. The average Bonchev–Trinajstić information content (AvgIpc) is 1.41. The van der Waals surface area contributed by atoms with Crippen LogP contribution in [-0.2, 0) is 4.94 Å². The molecule has 0 saturated carbocycles. The fourth-order valence-corrected chi connectivity index (χ4v) is 0.0136. The van der Waals surface area contributed by atoms with Gasteiger partial charge in [0.05, 0.1) is 0 Å². The summed E-state index contributed by atoms with van der Waals surface area (Å²) in [5.74, 6) is 0. The number of hydrogen-bond donors (Lipinski definition) is 0. The molecule has 0 fully saturated rings. The van der Waals surface area contributed by atoms with E-state index in [1.165, 1.54) is 0 Å². The van der Waals surface area contributed by atoms with Crippen LogP contribution in [0.25, 0.3) is 0 Å². The van der Waals surface area contributed by atoms with E-state index in [1.54, 1.807) is 10.7 Å². The van der Waals surface area contributed by atoms with Gasteiger partial charge in [0.25, 0.3) is 0 Å². The van der Waals surface area contributed by atoms with Gasteiger partial charge in [-0.3, -0.25) is 0 Å². The standard InChI is InChI=1S/K.N2O3.Na.2H/c;3-1-5-2-4;;;/q+1;;+1;2*-1. The zero-order valence-corrected chi connectivity index (χ0v) is 9.24. The third-order valence-electron chi connectivity index (χ3n) is 0.0667. The zero-order valence-electron chi connectivity index (χ0n) is 6.12. The fourth-order valence-electron chi connectivity index (χ4n) is 0.0136. The minimum atomic E-state index is 0. The summed E-state index contributed by atoms with van der Waals surface area (Å²) in [5.41, 5.74) is 0. The van der Waals surface area contributed by atoms with Gasteiger partial charge in [-0.2, -0.15) is 4.94 Å². The van der Waals surface area contributed by atoms with Crippen molar-refractivity contribution in [2.45, 2.75) is 0 Å². The van der Waals surface area contributed by atoms with E-state index in [2.05, 4.69) is 4.94 Å². The monoisotopic (exact) mass is 140 g/mol. The number of nitrogens with zero attached hydrogens (tertiary/aromatic N) is 2. The summed E-state index contributed by atoms with van der Waals surface area (Å²) in [5, 5.41) is 3.25. The van der Waals surface area contributed by atoms with Crippen molar-refractivity contribution in [3.8, 4) is 0 Å². The molecule has 0 amide bonds. The Hall–Kier alpha value is 1.64. The summed E-state index contributed by atoms with van der Waals surface area (Å²) in [6, 6.07) is 0. The predicted octanol–water partition coefficient (Wildman–Crippen LogP) is -5.40. The predicted molar refractivity (Wildman–Crippen MR) is 14.9 cm³/mol. The van der Waals surface area contributed by atoms with Gasteiger partial charge in [0.15, 0.2) is 10.7 Å². The van der Waals surface area contributed by atoms with Crippen LogP contribution in [0.5, 0.6) is 0 Å². The van der Waals surface area contributed by atoms with Gasteiger partial charge in [0.1, 0.15) is 0 Å². The zero-order chi connectivity index (χ0) is 4.12. The first kappa shape index (κ1) is 15.9. The molecule has 0 aliphatic carbocycles. The van der Waals surface area contributed by atoms with Gasteiger partial charge in [-0.1, -0.05) is 0 Å². The molecule has 0 atom stereocenters. The summed E-state index contributed by atoms with van der Waals surface area (Å²) < 4.78 is 0. The Balaban J connectivity index is -0.0000000133. The van der Waals surface area contributed by atoms with E-state index in [1.807, 2.05) is 0 Å². The summed E-state index contributed by atoms with van der Waals surface area (Å²) in [7, 11) is 0. The van der Waals surface area contributed by atoms with Gasteiger partial charge in [0.2, 0.25) is 0 Å². The number of rotatable bonds is 2. The van der Waals surface area contributed by atoms with Crippen LogP contribution in [0.3, 0.4) is 0 Å². The first-order valence-electron chi connectivity index (χ1n) is 0.730. The molecule has 0 rings (SSSR count). The van der Waals surface area contributed by atoms with Crippen molar-refractivity contribution in [3.05, 3.63) is 9.81 Å². The molecule has 32 valence electrons. The second-order valence-electron chi connectivity index (χ2n) is 0.231. The maximum Gasteiger partial charge on any atom is 1.00 e. The topological polar surface area (TPSA) is 68.1 Å². The maximum atomic E-state index is 8.64. The molecule has 0 aliphatic rings. The van der Waals surface area contributed by atoms with Crippen LogP contribution in [0.15, 0.2) is 10.7 Å². The van der Waals surface area contributed by atoms with E-state index in [0.717, 1.165) is 0 Å². The molecule has 0 bridgehead atoms. The fraction of sp³-hybridized carbons (Fsp3) is 0. The molecule has 7 heavy (non-hydrogen) atoms. The maximum absolute atomic E-state index is 8.64. The third kappa shape index (κ3) is 18.3. The SMILES string of the molecule is O=NON=O.[H-].[H-].[K+].[Na+]. The molecule has 0 aliphatic heterocycles. The molecule has 0 N–H and O–H groups in total. The Kier molecular flexibility index (Phi) is 35.4. The van der Waals surface area contributed by atoms with Gasteiger partial charge in [-0.15, -0.1) is 9.81 Å². The Labute approximate surface area is 107 Å². The molecular weight excluding hydrogens is 138 g/mol. The minimum Gasteiger partial charge on any atom is -1.00 e. The molecule has 0 aromatic rings. The second kappa shape index (κ2) is 15.6. The summed E-state index contributed by atoms with van der Waals surface area (Å²) in [6.07, 6.45) is 0. The minimum absolute atomic E-state index is 0. The van der Waals surface area contributed by atoms with Crippen LogP contribution in [0.2, 0.25) is 0 Å². The second-order valence-corrected chi connectivity index (χ2v) is 0.231. The van der Waals surface area contributed by atoms with Crippen molar-refractivity contribution < 1.29 is 88.7 Å². The normalized spacial score (nSPS) is 4.00. The van der Waals surface area contributed by atoms with Crippen molar-refractivity contribution in [2.24, 2.45) is 10.7 Å². The molecule has 0 spiro atoms. The molecule has 7 heteroatoms. The average molecular weight is 140 g/mol. The van der Waals surface area contributed by atoms with Crippen LogP contribution in [-0.4, -0.2) is 0 Å². The van der Waals surface area contributed by atoms with Gasteiger partial charge in [0, 0.05) is 0 Å². The molecule has 0 radical (unpaired) electrons. The Morgan fingerprint density at radius 1 is 1.29 bits per heavy atom. The molecular formula is H2KN2NaO3. The summed E-state index contributed by atoms with van der Waals surface area (Å²) in [4.78, 5) is 20.2. The first-order chi connectivity index (χ1) is 2.41. The largest absolute Gasteiger partial charge is 1.00 e. The van der Waals surface area contributed by atoms with Crippen molar-refractivity contribution in [2.75, 3.05) is 0 Å².